The molecule has 2 rings (SSSR count). The molecule has 2 heterocycles. The molecule has 130 valence electrons. The molecule has 0 unspecified atom stereocenters. The number of piperidine rings is 1. The lowest BCUT2D eigenvalue weighted by Gasteiger charge is -2.39. The van der Waals surface area contributed by atoms with Gasteiger partial charge in [-0.2, -0.15) is 0 Å². The van der Waals surface area contributed by atoms with E-state index in [1.165, 1.54) is 0 Å². The summed E-state index contributed by atoms with van der Waals surface area (Å²) in [6.07, 6.45) is 3.53. The van der Waals surface area contributed by atoms with Crippen LogP contribution in [-0.2, 0) is 18.3 Å². The normalized spacial score (nSPS) is 18.0. The van der Waals surface area contributed by atoms with Gasteiger partial charge in [0.2, 0.25) is 0 Å². The zero-order chi connectivity index (χ0) is 17.1. The number of aromatic nitrogens is 3. The molecule has 0 aliphatic carbocycles. The van der Waals surface area contributed by atoms with Crippen LogP contribution in [0.4, 0.5) is 4.79 Å². The maximum atomic E-state index is 12.1. The third-order valence-electron chi connectivity index (χ3n) is 4.29. The molecular formula is C16H29N5O2. The predicted octanol–water partition coefficient (Wildman–Crippen LogP) is 1.94. The zero-order valence-electron chi connectivity index (χ0n) is 14.9. The van der Waals surface area contributed by atoms with Gasteiger partial charge in [0.05, 0.1) is 11.9 Å². The van der Waals surface area contributed by atoms with Crippen molar-refractivity contribution < 1.29 is 9.53 Å². The Kier molecular flexibility index (Phi) is 5.29. The molecule has 7 nitrogen and oxygen atoms in total. The molecule has 1 N–H and O–H groups in total. The summed E-state index contributed by atoms with van der Waals surface area (Å²) in [6, 6.07) is 0. The van der Waals surface area contributed by atoms with Gasteiger partial charge in [-0.25, -0.2) is 4.79 Å². The molecule has 0 atom stereocenters. The van der Waals surface area contributed by atoms with Crippen molar-refractivity contribution in [2.45, 2.75) is 52.7 Å². The first kappa shape index (κ1) is 17.7. The monoisotopic (exact) mass is 323 g/mol. The molecule has 1 aromatic heterocycles. The van der Waals surface area contributed by atoms with Gasteiger partial charge in [0.15, 0.2) is 0 Å². The molecule has 0 aromatic carbocycles. The fourth-order valence-corrected chi connectivity index (χ4v) is 2.70. The number of nitrogens with zero attached hydrogens (tertiary/aromatic N) is 4. The van der Waals surface area contributed by atoms with Crippen LogP contribution in [0.15, 0.2) is 6.20 Å². The number of nitrogens with one attached hydrogen (secondary N) is 1. The number of hydrogen-bond donors (Lipinski definition) is 1. The van der Waals surface area contributed by atoms with Crippen molar-refractivity contribution in [1.29, 1.82) is 0 Å². The summed E-state index contributed by atoms with van der Waals surface area (Å²) in [5.41, 5.74) is 0.834. The standard InChI is InChI=1S/C16H29N5O2/c1-15(2,3)23-14(22)21-8-6-16(4,7-9-21)12-17-10-13-11-18-19-20(13)5/h11,17H,6-10,12H2,1-5H3. The summed E-state index contributed by atoms with van der Waals surface area (Å²) in [5.74, 6) is 0. The van der Waals surface area contributed by atoms with E-state index < -0.39 is 5.60 Å². The number of likely N-dealkylation sites (tertiary alicyclic amines) is 1. The van der Waals surface area contributed by atoms with Crippen LogP contribution in [0.1, 0.15) is 46.2 Å². The van der Waals surface area contributed by atoms with Gasteiger partial charge < -0.3 is 15.0 Å². The minimum absolute atomic E-state index is 0.199. The molecular weight excluding hydrogens is 294 g/mol. The SMILES string of the molecule is Cn1nncc1CNCC1(C)CCN(C(=O)OC(C)(C)C)CC1. The average Bonchev–Trinajstić information content (AvgIpc) is 2.83. The maximum Gasteiger partial charge on any atom is 0.410 e. The maximum absolute atomic E-state index is 12.1. The highest BCUT2D eigenvalue weighted by Gasteiger charge is 2.33. The Bertz CT molecular complexity index is 527. The lowest BCUT2D eigenvalue weighted by molar-refractivity contribution is 0.0119. The van der Waals surface area contributed by atoms with Crippen LogP contribution in [0.5, 0.6) is 0 Å². The van der Waals surface area contributed by atoms with Gasteiger partial charge in [0.1, 0.15) is 5.60 Å². The van der Waals surface area contributed by atoms with Crippen LogP contribution >= 0.6 is 0 Å². The van der Waals surface area contributed by atoms with Gasteiger partial charge in [0, 0.05) is 33.2 Å². The van der Waals surface area contributed by atoms with Crippen LogP contribution in [0.25, 0.3) is 0 Å². The number of ether oxygens (including phenoxy) is 1. The Balaban J connectivity index is 1.76. The van der Waals surface area contributed by atoms with Gasteiger partial charge >= 0.3 is 6.09 Å². The summed E-state index contributed by atoms with van der Waals surface area (Å²) < 4.78 is 7.22. The lowest BCUT2D eigenvalue weighted by Crippen LogP contribution is -2.47. The quantitative estimate of drug-likeness (QED) is 0.917. The summed E-state index contributed by atoms with van der Waals surface area (Å²) in [7, 11) is 1.89. The largest absolute Gasteiger partial charge is 0.444 e. The Morgan fingerprint density at radius 3 is 2.57 bits per heavy atom. The lowest BCUT2D eigenvalue weighted by atomic mass is 9.80. The second-order valence-electron chi connectivity index (χ2n) is 7.73. The van der Waals surface area contributed by atoms with E-state index in [-0.39, 0.29) is 11.5 Å². The van der Waals surface area contributed by atoms with E-state index in [1.54, 1.807) is 10.9 Å². The van der Waals surface area contributed by atoms with E-state index in [0.29, 0.717) is 0 Å². The molecule has 1 amide bonds. The first-order valence-electron chi connectivity index (χ1n) is 8.21. The van der Waals surface area contributed by atoms with E-state index in [2.05, 4.69) is 22.6 Å². The van der Waals surface area contributed by atoms with Crippen molar-refractivity contribution in [3.63, 3.8) is 0 Å². The molecule has 23 heavy (non-hydrogen) atoms. The summed E-state index contributed by atoms with van der Waals surface area (Å²) in [5, 5.41) is 11.3. The van der Waals surface area contributed by atoms with E-state index in [1.807, 2.05) is 32.7 Å². The topological polar surface area (TPSA) is 72.3 Å². The van der Waals surface area contributed by atoms with E-state index in [0.717, 1.165) is 44.7 Å². The minimum Gasteiger partial charge on any atom is -0.444 e. The Morgan fingerprint density at radius 1 is 1.39 bits per heavy atom. The third kappa shape index (κ3) is 5.20. The molecule has 1 aliphatic rings. The molecule has 1 aromatic rings. The number of aryl methyl sites for hydroxylation is 1. The third-order valence-corrected chi connectivity index (χ3v) is 4.29. The van der Waals surface area contributed by atoms with Crippen molar-refractivity contribution in [3.8, 4) is 0 Å². The average molecular weight is 323 g/mol. The number of carbonyl (C=O) groups excluding carboxylic acids is 1. The van der Waals surface area contributed by atoms with Crippen molar-refractivity contribution >= 4 is 6.09 Å². The Morgan fingerprint density at radius 2 is 2.04 bits per heavy atom. The molecule has 1 saturated heterocycles. The highest BCUT2D eigenvalue weighted by Crippen LogP contribution is 2.30. The summed E-state index contributed by atoms with van der Waals surface area (Å²) in [6.45, 7) is 11.1. The molecule has 1 aliphatic heterocycles. The number of amides is 1. The van der Waals surface area contributed by atoms with Crippen molar-refractivity contribution in [2.24, 2.45) is 12.5 Å². The second kappa shape index (κ2) is 6.86. The fraction of sp³-hybridized carbons (Fsp3) is 0.812. The summed E-state index contributed by atoms with van der Waals surface area (Å²) in [4.78, 5) is 13.9. The van der Waals surface area contributed by atoms with Gasteiger partial charge in [-0.05, 0) is 39.0 Å². The first-order valence-corrected chi connectivity index (χ1v) is 8.21. The molecule has 7 heteroatoms. The van der Waals surface area contributed by atoms with Crippen molar-refractivity contribution in [1.82, 2.24) is 25.2 Å². The van der Waals surface area contributed by atoms with E-state index >= 15 is 0 Å². The summed E-state index contributed by atoms with van der Waals surface area (Å²) >= 11 is 0. The van der Waals surface area contributed by atoms with Crippen molar-refractivity contribution in [2.75, 3.05) is 19.6 Å². The molecule has 1 fully saturated rings. The number of rotatable bonds is 4. The van der Waals surface area contributed by atoms with Gasteiger partial charge in [-0.3, -0.25) is 4.68 Å². The van der Waals surface area contributed by atoms with Gasteiger partial charge in [-0.1, -0.05) is 12.1 Å². The van der Waals surface area contributed by atoms with Crippen LogP contribution in [0, 0.1) is 5.41 Å². The molecule has 0 radical (unpaired) electrons. The Hall–Kier alpha value is -1.63. The minimum atomic E-state index is -0.434. The van der Waals surface area contributed by atoms with Crippen LogP contribution in [0.2, 0.25) is 0 Å². The predicted molar refractivity (Wildman–Crippen MR) is 87.9 cm³/mol. The van der Waals surface area contributed by atoms with Crippen LogP contribution in [-0.4, -0.2) is 51.2 Å². The first-order chi connectivity index (χ1) is 10.7. The highest BCUT2D eigenvalue weighted by atomic mass is 16.6. The van der Waals surface area contributed by atoms with Gasteiger partial charge in [-0.15, -0.1) is 5.10 Å². The zero-order valence-corrected chi connectivity index (χ0v) is 14.9. The molecule has 0 bridgehead atoms. The van der Waals surface area contributed by atoms with Crippen LogP contribution in [0.3, 0.4) is 0 Å². The van der Waals surface area contributed by atoms with Gasteiger partial charge in [0.25, 0.3) is 0 Å². The smallest absolute Gasteiger partial charge is 0.410 e. The van der Waals surface area contributed by atoms with Crippen molar-refractivity contribution in [3.05, 3.63) is 11.9 Å². The molecule has 0 saturated carbocycles. The molecule has 0 spiro atoms. The highest BCUT2D eigenvalue weighted by molar-refractivity contribution is 5.68. The Labute approximate surface area is 138 Å². The van der Waals surface area contributed by atoms with E-state index in [9.17, 15) is 4.79 Å². The fourth-order valence-electron chi connectivity index (χ4n) is 2.70. The second-order valence-corrected chi connectivity index (χ2v) is 7.73. The number of hydrogen-bond acceptors (Lipinski definition) is 5. The van der Waals surface area contributed by atoms with E-state index in [4.69, 9.17) is 4.74 Å². The number of carbonyl (C=O) groups is 1. The van der Waals surface area contributed by atoms with Crippen LogP contribution < -0.4 is 5.32 Å².